The molecule has 0 spiro atoms. The molecule has 1 N–H and O–H groups in total. The van der Waals surface area contributed by atoms with Crippen molar-refractivity contribution >= 4 is 38.9 Å². The van der Waals surface area contributed by atoms with Crippen LogP contribution in [0.25, 0.3) is 0 Å². The molecule has 0 saturated carbocycles. The zero-order valence-corrected chi connectivity index (χ0v) is 15.8. The third kappa shape index (κ3) is 4.22. The molecule has 2 heterocycles. The number of nitrogens with one attached hydrogen (secondary N) is 1. The molecular weight excluding hydrogens is 360 g/mol. The number of anilines is 3. The van der Waals surface area contributed by atoms with Crippen LogP contribution in [-0.4, -0.2) is 42.5 Å². The van der Waals surface area contributed by atoms with Crippen molar-refractivity contribution < 1.29 is 8.42 Å². The summed E-state index contributed by atoms with van der Waals surface area (Å²) in [6.45, 7) is 4.58. The molecule has 0 bridgehead atoms. The van der Waals surface area contributed by atoms with Crippen molar-refractivity contribution in [3.63, 3.8) is 0 Å². The van der Waals surface area contributed by atoms with Gasteiger partial charge in [0.25, 0.3) is 0 Å². The number of benzene rings is 1. The molecule has 0 radical (unpaired) electrons. The first-order valence-corrected chi connectivity index (χ1v) is 10.4. The highest BCUT2D eigenvalue weighted by molar-refractivity contribution is 7.91. The highest BCUT2D eigenvalue weighted by Gasteiger charge is 2.32. The molecule has 1 unspecified atom stereocenters. The van der Waals surface area contributed by atoms with Crippen LogP contribution in [0.4, 0.5) is 17.5 Å². The number of halogens is 1. The Bertz CT molecular complexity index is 873. The molecule has 8 heteroatoms. The Morgan fingerprint density at radius 3 is 2.80 bits per heavy atom. The fourth-order valence-corrected chi connectivity index (χ4v) is 4.87. The molecule has 2 aromatic rings. The first kappa shape index (κ1) is 17.9. The van der Waals surface area contributed by atoms with Gasteiger partial charge < -0.3 is 10.2 Å². The minimum atomic E-state index is -2.95. The van der Waals surface area contributed by atoms with Crippen molar-refractivity contribution in [2.45, 2.75) is 26.3 Å². The van der Waals surface area contributed by atoms with Crippen LogP contribution < -0.4 is 10.2 Å². The second kappa shape index (κ2) is 7.17. The first-order chi connectivity index (χ1) is 11.9. The van der Waals surface area contributed by atoms with E-state index >= 15 is 0 Å². The summed E-state index contributed by atoms with van der Waals surface area (Å²) in [5.41, 5.74) is 1.85. The highest BCUT2D eigenvalue weighted by atomic mass is 35.5. The molecule has 1 aromatic carbocycles. The van der Waals surface area contributed by atoms with E-state index in [4.69, 9.17) is 11.6 Å². The van der Waals surface area contributed by atoms with Crippen LogP contribution in [0.1, 0.15) is 18.9 Å². The molecule has 1 aromatic heterocycles. The van der Waals surface area contributed by atoms with Crippen LogP contribution >= 0.6 is 11.6 Å². The average molecular weight is 381 g/mol. The summed E-state index contributed by atoms with van der Waals surface area (Å²) in [7, 11) is -2.95. The van der Waals surface area contributed by atoms with Gasteiger partial charge in [-0.2, -0.15) is 4.98 Å². The number of rotatable bonds is 5. The Morgan fingerprint density at radius 2 is 2.16 bits per heavy atom. The van der Waals surface area contributed by atoms with E-state index in [2.05, 4.69) is 15.3 Å². The predicted molar refractivity (Wildman–Crippen MR) is 102 cm³/mol. The summed E-state index contributed by atoms with van der Waals surface area (Å²) in [5.74, 6) is 1.57. The molecule has 1 saturated heterocycles. The minimum absolute atomic E-state index is 0.0703. The van der Waals surface area contributed by atoms with E-state index < -0.39 is 9.84 Å². The third-order valence-electron chi connectivity index (χ3n) is 4.33. The summed E-state index contributed by atoms with van der Waals surface area (Å²) in [4.78, 5) is 10.8. The third-order valence-corrected chi connectivity index (χ3v) is 6.49. The first-order valence-electron chi connectivity index (χ1n) is 8.21. The normalized spacial score (nSPS) is 18.9. The maximum absolute atomic E-state index is 11.8. The van der Waals surface area contributed by atoms with E-state index in [9.17, 15) is 8.42 Å². The topological polar surface area (TPSA) is 75.2 Å². The average Bonchev–Trinajstić information content (AvgIpc) is 2.92. The molecule has 1 atom stereocenters. The molecule has 6 nitrogen and oxygen atoms in total. The second-order valence-corrected chi connectivity index (χ2v) is 8.81. The molecule has 1 fully saturated rings. The Kier molecular flexibility index (Phi) is 5.15. The Morgan fingerprint density at radius 1 is 1.36 bits per heavy atom. The number of aromatic nitrogens is 2. The van der Waals surface area contributed by atoms with Crippen LogP contribution in [-0.2, 0) is 9.84 Å². The lowest BCUT2D eigenvalue weighted by molar-refractivity contribution is 0.599. The Balaban J connectivity index is 1.81. The van der Waals surface area contributed by atoms with Gasteiger partial charge in [0.05, 0.1) is 11.5 Å². The van der Waals surface area contributed by atoms with Crippen molar-refractivity contribution in [2.75, 3.05) is 28.3 Å². The molecule has 0 aliphatic carbocycles. The van der Waals surface area contributed by atoms with Crippen molar-refractivity contribution in [2.24, 2.45) is 0 Å². The lowest BCUT2D eigenvalue weighted by Gasteiger charge is -2.26. The van der Waals surface area contributed by atoms with Gasteiger partial charge in [0.1, 0.15) is 5.82 Å². The molecule has 1 aliphatic rings. The monoisotopic (exact) mass is 380 g/mol. The second-order valence-electron chi connectivity index (χ2n) is 6.17. The van der Waals surface area contributed by atoms with E-state index in [1.165, 1.54) is 0 Å². The molecule has 25 heavy (non-hydrogen) atoms. The van der Waals surface area contributed by atoms with Gasteiger partial charge in [-0.1, -0.05) is 17.7 Å². The van der Waals surface area contributed by atoms with E-state index in [1.807, 2.05) is 36.9 Å². The molecule has 1 aliphatic heterocycles. The molecule has 0 amide bonds. The summed E-state index contributed by atoms with van der Waals surface area (Å²) in [5, 5.41) is 3.90. The number of hydrogen-bond donors (Lipinski definition) is 1. The highest BCUT2D eigenvalue weighted by Crippen LogP contribution is 2.25. The fourth-order valence-electron chi connectivity index (χ4n) is 2.96. The largest absolute Gasteiger partial charge is 0.340 e. The van der Waals surface area contributed by atoms with Gasteiger partial charge in [0, 0.05) is 29.5 Å². The van der Waals surface area contributed by atoms with Gasteiger partial charge in [-0.25, -0.2) is 13.4 Å². The Hall–Kier alpha value is -1.86. The summed E-state index contributed by atoms with van der Waals surface area (Å²) >= 11 is 6.16. The Labute approximate surface area is 153 Å². The summed E-state index contributed by atoms with van der Waals surface area (Å²) in [6, 6.07) is 7.42. The molecule has 134 valence electrons. The van der Waals surface area contributed by atoms with E-state index in [0.717, 1.165) is 11.3 Å². The van der Waals surface area contributed by atoms with E-state index in [-0.39, 0.29) is 17.5 Å². The lowest BCUT2D eigenvalue weighted by Crippen LogP contribution is -2.37. The van der Waals surface area contributed by atoms with Crippen LogP contribution in [0.2, 0.25) is 5.02 Å². The zero-order chi connectivity index (χ0) is 18.0. The van der Waals surface area contributed by atoms with Crippen LogP contribution in [0, 0.1) is 6.92 Å². The van der Waals surface area contributed by atoms with E-state index in [1.54, 1.807) is 12.3 Å². The maximum Gasteiger partial charge on any atom is 0.227 e. The van der Waals surface area contributed by atoms with Gasteiger partial charge >= 0.3 is 0 Å². The SMILES string of the molecule is CCN(c1nccc(Nc2ccc(C)c(Cl)c2)n1)C1CCS(=O)(=O)C1. The van der Waals surface area contributed by atoms with E-state index in [0.29, 0.717) is 29.8 Å². The van der Waals surface area contributed by atoms with Crippen molar-refractivity contribution in [1.29, 1.82) is 0 Å². The number of nitrogens with zero attached hydrogens (tertiary/aromatic N) is 3. The summed E-state index contributed by atoms with van der Waals surface area (Å²) < 4.78 is 23.5. The summed E-state index contributed by atoms with van der Waals surface area (Å²) in [6.07, 6.45) is 2.29. The van der Waals surface area contributed by atoms with Gasteiger partial charge in [0.15, 0.2) is 9.84 Å². The number of hydrogen-bond acceptors (Lipinski definition) is 6. The van der Waals surface area contributed by atoms with Gasteiger partial charge in [0.2, 0.25) is 5.95 Å². The lowest BCUT2D eigenvalue weighted by atomic mass is 10.2. The van der Waals surface area contributed by atoms with Crippen LogP contribution in [0.15, 0.2) is 30.5 Å². The van der Waals surface area contributed by atoms with Crippen molar-refractivity contribution in [3.05, 3.63) is 41.0 Å². The zero-order valence-electron chi connectivity index (χ0n) is 14.2. The standard InChI is InChI=1S/C17H21ClN4O2S/c1-3-22(14-7-9-25(23,24)11-14)17-19-8-6-16(21-17)20-13-5-4-12(2)15(18)10-13/h4-6,8,10,14H,3,7,9,11H2,1-2H3,(H,19,20,21). The fraction of sp³-hybridized carbons (Fsp3) is 0.412. The maximum atomic E-state index is 11.8. The number of sulfone groups is 1. The van der Waals surface area contributed by atoms with Crippen LogP contribution in [0.5, 0.6) is 0 Å². The smallest absolute Gasteiger partial charge is 0.227 e. The minimum Gasteiger partial charge on any atom is -0.340 e. The van der Waals surface area contributed by atoms with Crippen molar-refractivity contribution in [3.8, 4) is 0 Å². The molecular formula is C17H21ClN4O2S. The predicted octanol–water partition coefficient (Wildman–Crippen LogP) is 3.20. The van der Waals surface area contributed by atoms with Gasteiger partial charge in [-0.05, 0) is 44.0 Å². The van der Waals surface area contributed by atoms with Crippen LogP contribution in [0.3, 0.4) is 0 Å². The van der Waals surface area contributed by atoms with Gasteiger partial charge in [-0.15, -0.1) is 0 Å². The number of aryl methyl sites for hydroxylation is 1. The van der Waals surface area contributed by atoms with Gasteiger partial charge in [-0.3, -0.25) is 0 Å². The quantitative estimate of drug-likeness (QED) is 0.858. The molecule has 3 rings (SSSR count). The van der Waals surface area contributed by atoms with Crippen molar-refractivity contribution in [1.82, 2.24) is 9.97 Å².